The second kappa shape index (κ2) is 18.1. The highest BCUT2D eigenvalue weighted by Gasteiger charge is 2.27. The SMILES string of the molecule is CCCCc1cc2c(c(CCCC)c1)OC(OC(C)=O)Oc1c(cc(CCCC)cc1CCCC)/C=N/C1CCCCC1/N=C/2. The van der Waals surface area contributed by atoms with Crippen molar-refractivity contribution in [3.63, 3.8) is 0 Å². The van der Waals surface area contributed by atoms with Gasteiger partial charge in [-0.2, -0.15) is 0 Å². The van der Waals surface area contributed by atoms with E-state index in [1.54, 1.807) is 0 Å². The molecule has 2 aliphatic rings. The minimum absolute atomic E-state index is 0.110. The number of fused-ring (bicyclic) bond motifs is 3. The predicted molar refractivity (Wildman–Crippen MR) is 185 cm³/mol. The van der Waals surface area contributed by atoms with Gasteiger partial charge in [-0.1, -0.05) is 78.4 Å². The van der Waals surface area contributed by atoms with Crippen molar-refractivity contribution in [2.24, 2.45) is 9.98 Å². The van der Waals surface area contributed by atoms with Crippen molar-refractivity contribution in [1.29, 1.82) is 0 Å². The van der Waals surface area contributed by atoms with Crippen molar-refractivity contribution in [1.82, 2.24) is 0 Å². The van der Waals surface area contributed by atoms with Gasteiger partial charge in [0.25, 0.3) is 0 Å². The van der Waals surface area contributed by atoms with Crippen LogP contribution in [0.2, 0.25) is 0 Å². The van der Waals surface area contributed by atoms with Crippen LogP contribution in [0.15, 0.2) is 34.3 Å². The minimum atomic E-state index is -1.24. The van der Waals surface area contributed by atoms with Crippen molar-refractivity contribution >= 4 is 18.4 Å². The molecule has 0 amide bonds. The van der Waals surface area contributed by atoms with Gasteiger partial charge >= 0.3 is 12.4 Å². The summed E-state index contributed by atoms with van der Waals surface area (Å²) in [6.07, 6.45) is 20.8. The second-order valence-electron chi connectivity index (χ2n) is 12.9. The molecular weight excluding hydrogens is 560 g/mol. The fourth-order valence-electron chi connectivity index (χ4n) is 6.39. The summed E-state index contributed by atoms with van der Waals surface area (Å²) in [4.78, 5) is 22.8. The average molecular weight is 617 g/mol. The van der Waals surface area contributed by atoms with Crippen LogP contribution in [0.3, 0.4) is 0 Å². The van der Waals surface area contributed by atoms with Crippen molar-refractivity contribution in [3.05, 3.63) is 57.6 Å². The van der Waals surface area contributed by atoms with Gasteiger partial charge in [0.15, 0.2) is 0 Å². The van der Waals surface area contributed by atoms with Crippen molar-refractivity contribution < 1.29 is 19.0 Å². The fourth-order valence-corrected chi connectivity index (χ4v) is 6.39. The van der Waals surface area contributed by atoms with Gasteiger partial charge in [0.05, 0.1) is 12.1 Å². The number of hydrogen-bond donors (Lipinski definition) is 0. The van der Waals surface area contributed by atoms with Gasteiger partial charge in [-0.25, -0.2) is 0 Å². The summed E-state index contributed by atoms with van der Waals surface area (Å²) in [5, 5.41) is 0. The highest BCUT2D eigenvalue weighted by Crippen LogP contribution is 2.34. The molecule has 45 heavy (non-hydrogen) atoms. The molecule has 1 fully saturated rings. The lowest BCUT2D eigenvalue weighted by Gasteiger charge is -2.25. The summed E-state index contributed by atoms with van der Waals surface area (Å²) < 4.78 is 19.1. The van der Waals surface area contributed by atoms with Crippen molar-refractivity contribution in [2.45, 2.75) is 156 Å². The van der Waals surface area contributed by atoms with Crippen LogP contribution in [0.5, 0.6) is 11.5 Å². The van der Waals surface area contributed by atoms with Gasteiger partial charge in [-0.15, -0.1) is 0 Å². The standard InChI is InChI=1S/C39H56N2O4/c1-6-10-16-29-22-31(18-12-8-3)37-33(24-29)26-40-35-20-14-15-21-36(35)41-27-34-25-30(17-11-7-2)23-32(19-13-9-4)38(34)45-39(44-37)43-28(5)42/h22-27,35-36,39H,6-21H2,1-5H3/b40-26+,41-27+. The number of aryl methyl sites for hydroxylation is 4. The van der Waals surface area contributed by atoms with E-state index in [2.05, 4.69) is 52.0 Å². The Morgan fingerprint density at radius 2 is 1.11 bits per heavy atom. The summed E-state index contributed by atoms with van der Waals surface area (Å²) in [7, 11) is 0. The molecule has 1 aliphatic carbocycles. The molecule has 2 unspecified atom stereocenters. The molecule has 0 bridgehead atoms. The quantitative estimate of drug-likeness (QED) is 0.210. The zero-order valence-corrected chi connectivity index (χ0v) is 28.5. The second-order valence-corrected chi connectivity index (χ2v) is 12.9. The van der Waals surface area contributed by atoms with Crippen LogP contribution >= 0.6 is 0 Å². The Morgan fingerprint density at radius 1 is 0.689 bits per heavy atom. The number of carbonyl (C=O) groups is 1. The largest absolute Gasteiger partial charge is 0.422 e. The van der Waals surface area contributed by atoms with Gasteiger partial charge in [0.1, 0.15) is 11.5 Å². The van der Waals surface area contributed by atoms with Crippen LogP contribution in [-0.4, -0.2) is 37.0 Å². The Morgan fingerprint density at radius 3 is 1.51 bits per heavy atom. The van der Waals surface area contributed by atoms with Crippen LogP contribution in [0, 0.1) is 0 Å². The zero-order chi connectivity index (χ0) is 32.0. The normalized spacial score (nSPS) is 21.0. The fraction of sp³-hybridized carbons (Fsp3) is 0.615. The molecule has 2 aromatic rings. The lowest BCUT2D eigenvalue weighted by Crippen LogP contribution is -2.31. The molecule has 0 spiro atoms. The highest BCUT2D eigenvalue weighted by molar-refractivity contribution is 5.86. The smallest absolute Gasteiger partial charge is 0.408 e. The third kappa shape index (κ3) is 10.2. The maximum atomic E-state index is 12.5. The summed E-state index contributed by atoms with van der Waals surface area (Å²) in [6, 6.07) is 9.17. The molecule has 6 nitrogen and oxygen atoms in total. The first kappa shape index (κ1) is 34.7. The molecule has 1 saturated carbocycles. The molecule has 246 valence electrons. The molecule has 6 heteroatoms. The van der Waals surface area contributed by atoms with E-state index >= 15 is 0 Å². The molecule has 0 N–H and O–H groups in total. The van der Waals surface area contributed by atoms with E-state index < -0.39 is 12.4 Å². The summed E-state index contributed by atoms with van der Waals surface area (Å²) in [5.41, 5.74) is 6.64. The van der Waals surface area contributed by atoms with Gasteiger partial charge < -0.3 is 14.2 Å². The van der Waals surface area contributed by atoms with E-state index in [9.17, 15) is 4.79 Å². The van der Waals surface area contributed by atoms with Gasteiger partial charge in [0.2, 0.25) is 0 Å². The maximum absolute atomic E-state index is 12.5. The Kier molecular flexibility index (Phi) is 14.0. The number of rotatable bonds is 13. The molecule has 1 aliphatic heterocycles. The van der Waals surface area contributed by atoms with E-state index in [1.165, 1.54) is 18.1 Å². The number of carbonyl (C=O) groups excluding carboxylic acids is 1. The number of nitrogens with zero attached hydrogens (tertiary/aromatic N) is 2. The topological polar surface area (TPSA) is 69.5 Å². The lowest BCUT2D eigenvalue weighted by atomic mass is 9.91. The Hall–Kier alpha value is -3.15. The van der Waals surface area contributed by atoms with Crippen LogP contribution in [0.1, 0.15) is 145 Å². The molecule has 0 radical (unpaired) electrons. The third-order valence-corrected chi connectivity index (χ3v) is 8.94. The van der Waals surface area contributed by atoms with Crippen molar-refractivity contribution in [2.75, 3.05) is 0 Å². The molecule has 0 aromatic heterocycles. The van der Waals surface area contributed by atoms with Crippen molar-refractivity contribution in [3.8, 4) is 11.5 Å². The van der Waals surface area contributed by atoms with Gasteiger partial charge in [-0.05, 0) is 98.6 Å². The van der Waals surface area contributed by atoms with Crippen LogP contribution in [0.4, 0.5) is 0 Å². The minimum Gasteiger partial charge on any atom is -0.422 e. The number of aliphatic imine (C=N–C) groups is 2. The Bertz CT molecular complexity index is 1210. The maximum Gasteiger partial charge on any atom is 0.408 e. The first-order chi connectivity index (χ1) is 21.9. The van der Waals surface area contributed by atoms with Crippen LogP contribution < -0.4 is 9.47 Å². The number of benzene rings is 2. The first-order valence-electron chi connectivity index (χ1n) is 17.8. The summed E-state index contributed by atoms with van der Waals surface area (Å²) in [5.74, 6) is 0.940. The van der Waals surface area contributed by atoms with E-state index in [0.717, 1.165) is 125 Å². The molecule has 1 heterocycles. The average Bonchev–Trinajstić information content (AvgIpc) is 3.04. The third-order valence-electron chi connectivity index (χ3n) is 8.94. The van der Waals surface area contributed by atoms with Crippen LogP contribution in [0.25, 0.3) is 0 Å². The van der Waals surface area contributed by atoms with E-state index in [4.69, 9.17) is 24.2 Å². The Labute approximate surface area is 272 Å². The molecule has 4 rings (SSSR count). The molecular formula is C39H56N2O4. The number of ether oxygens (including phenoxy) is 3. The molecule has 0 saturated heterocycles. The summed E-state index contributed by atoms with van der Waals surface area (Å²) >= 11 is 0. The monoisotopic (exact) mass is 616 g/mol. The molecule has 2 aromatic carbocycles. The number of esters is 1. The predicted octanol–water partition coefficient (Wildman–Crippen LogP) is 9.52. The highest BCUT2D eigenvalue weighted by atomic mass is 16.9. The summed E-state index contributed by atoms with van der Waals surface area (Å²) in [6.45, 7) is 9.02. The van der Waals surface area contributed by atoms with E-state index in [-0.39, 0.29) is 12.1 Å². The van der Waals surface area contributed by atoms with E-state index in [1.807, 2.05) is 12.4 Å². The van der Waals surface area contributed by atoms with Gasteiger partial charge in [0, 0.05) is 30.5 Å². The molecule has 2 atom stereocenters. The van der Waals surface area contributed by atoms with Gasteiger partial charge in [-0.3, -0.25) is 14.8 Å². The van der Waals surface area contributed by atoms with E-state index in [0.29, 0.717) is 11.5 Å². The Balaban J connectivity index is 1.91. The van der Waals surface area contributed by atoms with Crippen LogP contribution in [-0.2, 0) is 35.2 Å². The lowest BCUT2D eigenvalue weighted by molar-refractivity contribution is -0.204. The number of hydrogen-bond acceptors (Lipinski definition) is 6. The first-order valence-corrected chi connectivity index (χ1v) is 17.8. The number of unbranched alkanes of at least 4 members (excludes halogenated alkanes) is 4. The zero-order valence-electron chi connectivity index (χ0n) is 28.5.